The summed E-state index contributed by atoms with van der Waals surface area (Å²) in [5, 5.41) is 13.0. The van der Waals surface area contributed by atoms with Crippen molar-refractivity contribution in [2.45, 2.75) is 12.1 Å². The van der Waals surface area contributed by atoms with Crippen molar-refractivity contribution in [2.24, 2.45) is 7.05 Å². The standard InChI is InChI=1S/C21H20N6O2S/c1-14-9-11-15(12-10-14)18-22-20(29-25-18)19-23-24-21(27(19)3)30-13-17(28)26(2)16-7-5-4-6-8-16/h4-12H,13H2,1-3H3. The van der Waals surface area contributed by atoms with Crippen LogP contribution in [0.2, 0.25) is 0 Å². The highest BCUT2D eigenvalue weighted by Crippen LogP contribution is 2.25. The minimum absolute atomic E-state index is 0.0322. The summed E-state index contributed by atoms with van der Waals surface area (Å²) in [5.74, 6) is 1.42. The van der Waals surface area contributed by atoms with E-state index in [9.17, 15) is 4.79 Å². The molecule has 2 heterocycles. The number of para-hydroxylation sites is 1. The van der Waals surface area contributed by atoms with E-state index in [-0.39, 0.29) is 17.6 Å². The van der Waals surface area contributed by atoms with Crippen LogP contribution in [0.3, 0.4) is 0 Å². The molecule has 8 nitrogen and oxygen atoms in total. The number of aryl methyl sites for hydroxylation is 1. The third-order valence-electron chi connectivity index (χ3n) is 4.60. The first-order valence-corrected chi connectivity index (χ1v) is 10.3. The number of hydrogen-bond acceptors (Lipinski definition) is 7. The Hall–Kier alpha value is -3.46. The summed E-state index contributed by atoms with van der Waals surface area (Å²) in [4.78, 5) is 18.5. The first-order valence-electron chi connectivity index (χ1n) is 9.28. The van der Waals surface area contributed by atoms with Gasteiger partial charge >= 0.3 is 0 Å². The molecule has 0 saturated carbocycles. The van der Waals surface area contributed by atoms with E-state index in [2.05, 4.69) is 20.3 Å². The average molecular weight is 420 g/mol. The molecule has 9 heteroatoms. The number of nitrogens with zero attached hydrogens (tertiary/aromatic N) is 6. The van der Waals surface area contributed by atoms with Crippen molar-refractivity contribution in [1.82, 2.24) is 24.9 Å². The van der Waals surface area contributed by atoms with Gasteiger partial charge in [-0.3, -0.25) is 4.79 Å². The predicted molar refractivity (Wildman–Crippen MR) is 115 cm³/mol. The Morgan fingerprint density at radius 2 is 1.83 bits per heavy atom. The Kier molecular flexibility index (Phi) is 5.62. The van der Waals surface area contributed by atoms with E-state index in [1.54, 1.807) is 23.6 Å². The summed E-state index contributed by atoms with van der Waals surface area (Å²) in [6.07, 6.45) is 0. The molecule has 2 aromatic heterocycles. The van der Waals surface area contributed by atoms with Crippen LogP contribution in [0.1, 0.15) is 5.56 Å². The first-order chi connectivity index (χ1) is 14.5. The molecule has 2 aromatic carbocycles. The van der Waals surface area contributed by atoms with Gasteiger partial charge in [-0.2, -0.15) is 4.98 Å². The fraction of sp³-hybridized carbons (Fsp3) is 0.190. The van der Waals surface area contributed by atoms with Gasteiger partial charge < -0.3 is 14.0 Å². The highest BCUT2D eigenvalue weighted by molar-refractivity contribution is 7.99. The van der Waals surface area contributed by atoms with Gasteiger partial charge in [0.15, 0.2) is 5.16 Å². The Labute approximate surface area is 177 Å². The van der Waals surface area contributed by atoms with Crippen molar-refractivity contribution in [3.63, 3.8) is 0 Å². The third-order valence-corrected chi connectivity index (χ3v) is 5.61. The molecule has 0 aliphatic heterocycles. The van der Waals surface area contributed by atoms with Crippen LogP contribution in [-0.4, -0.2) is 43.6 Å². The Morgan fingerprint density at radius 3 is 2.57 bits per heavy atom. The molecule has 0 saturated heterocycles. The summed E-state index contributed by atoms with van der Waals surface area (Å²) in [6, 6.07) is 17.4. The molecule has 0 bridgehead atoms. The molecule has 0 spiro atoms. The summed E-state index contributed by atoms with van der Waals surface area (Å²) < 4.78 is 7.13. The Morgan fingerprint density at radius 1 is 1.10 bits per heavy atom. The number of anilines is 1. The van der Waals surface area contributed by atoms with Crippen molar-refractivity contribution >= 4 is 23.4 Å². The lowest BCUT2D eigenvalue weighted by molar-refractivity contribution is -0.115. The molecule has 0 aliphatic carbocycles. The Balaban J connectivity index is 1.45. The molecular weight excluding hydrogens is 400 g/mol. The zero-order chi connectivity index (χ0) is 21.1. The number of thioether (sulfide) groups is 1. The van der Waals surface area contributed by atoms with Gasteiger partial charge in [0, 0.05) is 25.3 Å². The number of carbonyl (C=O) groups is 1. The van der Waals surface area contributed by atoms with Crippen LogP contribution in [0.15, 0.2) is 64.3 Å². The normalized spacial score (nSPS) is 10.9. The number of carbonyl (C=O) groups excluding carboxylic acids is 1. The fourth-order valence-electron chi connectivity index (χ4n) is 2.78. The van der Waals surface area contributed by atoms with Gasteiger partial charge in [-0.05, 0) is 19.1 Å². The van der Waals surface area contributed by atoms with Crippen molar-refractivity contribution < 1.29 is 9.32 Å². The van der Waals surface area contributed by atoms with Crippen LogP contribution in [0.4, 0.5) is 5.69 Å². The second-order valence-corrected chi connectivity index (χ2v) is 7.67. The predicted octanol–water partition coefficient (Wildman–Crippen LogP) is 3.60. The van der Waals surface area contributed by atoms with E-state index in [1.165, 1.54) is 11.8 Å². The maximum Gasteiger partial charge on any atom is 0.296 e. The van der Waals surface area contributed by atoms with Gasteiger partial charge in [0.2, 0.25) is 17.6 Å². The number of hydrogen-bond donors (Lipinski definition) is 0. The summed E-state index contributed by atoms with van der Waals surface area (Å²) in [5.41, 5.74) is 2.86. The molecule has 1 amide bonds. The molecule has 0 N–H and O–H groups in total. The van der Waals surface area contributed by atoms with Crippen LogP contribution < -0.4 is 4.90 Å². The zero-order valence-corrected chi connectivity index (χ0v) is 17.6. The van der Waals surface area contributed by atoms with Crippen molar-refractivity contribution in [1.29, 1.82) is 0 Å². The van der Waals surface area contributed by atoms with E-state index in [1.807, 2.05) is 61.5 Å². The van der Waals surface area contributed by atoms with Gasteiger partial charge in [0.1, 0.15) is 0 Å². The van der Waals surface area contributed by atoms with Crippen molar-refractivity contribution in [2.75, 3.05) is 17.7 Å². The van der Waals surface area contributed by atoms with Gasteiger partial charge in [-0.25, -0.2) is 0 Å². The maximum atomic E-state index is 12.5. The molecule has 30 heavy (non-hydrogen) atoms. The topological polar surface area (TPSA) is 89.9 Å². The largest absolute Gasteiger partial charge is 0.330 e. The van der Waals surface area contributed by atoms with Gasteiger partial charge in [0.25, 0.3) is 5.89 Å². The molecule has 152 valence electrons. The van der Waals surface area contributed by atoms with Crippen LogP contribution in [0.5, 0.6) is 0 Å². The molecule has 0 unspecified atom stereocenters. The van der Waals surface area contributed by atoms with Crippen LogP contribution in [0, 0.1) is 6.92 Å². The van der Waals surface area contributed by atoms with Crippen LogP contribution in [0.25, 0.3) is 23.1 Å². The Bertz CT molecular complexity index is 1150. The van der Waals surface area contributed by atoms with E-state index >= 15 is 0 Å². The van der Waals surface area contributed by atoms with Crippen molar-refractivity contribution in [3.8, 4) is 23.1 Å². The lowest BCUT2D eigenvalue weighted by Crippen LogP contribution is -2.27. The highest BCUT2D eigenvalue weighted by Gasteiger charge is 2.20. The number of benzene rings is 2. The van der Waals surface area contributed by atoms with Gasteiger partial charge in [0.05, 0.1) is 5.75 Å². The lowest BCUT2D eigenvalue weighted by Gasteiger charge is -2.16. The summed E-state index contributed by atoms with van der Waals surface area (Å²) in [7, 11) is 3.56. The number of rotatable bonds is 6. The summed E-state index contributed by atoms with van der Waals surface area (Å²) >= 11 is 1.31. The van der Waals surface area contributed by atoms with Gasteiger partial charge in [-0.15, -0.1) is 10.2 Å². The maximum absolute atomic E-state index is 12.5. The molecule has 0 fully saturated rings. The second kappa shape index (κ2) is 8.50. The number of amides is 1. The second-order valence-electron chi connectivity index (χ2n) is 6.73. The lowest BCUT2D eigenvalue weighted by atomic mass is 10.1. The molecule has 0 aliphatic rings. The average Bonchev–Trinajstić information content (AvgIpc) is 3.39. The van der Waals surface area contributed by atoms with E-state index < -0.39 is 0 Å². The quantitative estimate of drug-likeness (QED) is 0.440. The van der Waals surface area contributed by atoms with Crippen molar-refractivity contribution in [3.05, 3.63) is 60.2 Å². The monoisotopic (exact) mass is 420 g/mol. The van der Waals surface area contributed by atoms with Crippen LogP contribution >= 0.6 is 11.8 Å². The minimum atomic E-state index is -0.0322. The van der Waals surface area contributed by atoms with E-state index in [0.29, 0.717) is 16.8 Å². The van der Waals surface area contributed by atoms with E-state index in [4.69, 9.17) is 4.52 Å². The fourth-order valence-corrected chi connectivity index (χ4v) is 3.60. The summed E-state index contributed by atoms with van der Waals surface area (Å²) in [6.45, 7) is 2.02. The SMILES string of the molecule is Cc1ccc(-c2noc(-c3nnc(SCC(=O)N(C)c4ccccc4)n3C)n2)cc1. The molecule has 0 atom stereocenters. The van der Waals surface area contributed by atoms with Gasteiger partial charge in [-0.1, -0.05) is 64.9 Å². The van der Waals surface area contributed by atoms with E-state index in [0.717, 1.165) is 16.8 Å². The molecule has 4 rings (SSSR count). The first kappa shape index (κ1) is 19.8. The molecule has 0 radical (unpaired) electrons. The zero-order valence-electron chi connectivity index (χ0n) is 16.8. The third kappa shape index (κ3) is 4.11. The molecular formula is C21H20N6O2S. The minimum Gasteiger partial charge on any atom is -0.330 e. The van der Waals surface area contributed by atoms with Crippen LogP contribution in [-0.2, 0) is 11.8 Å². The number of aromatic nitrogens is 5. The molecule has 4 aromatic rings. The highest BCUT2D eigenvalue weighted by atomic mass is 32.2. The smallest absolute Gasteiger partial charge is 0.296 e.